The topological polar surface area (TPSA) is 259 Å². The first kappa shape index (κ1) is 24.8. The molecule has 0 aromatic carbocycles. The van der Waals surface area contributed by atoms with Crippen molar-refractivity contribution in [3.05, 3.63) is 0 Å². The summed E-state index contributed by atoms with van der Waals surface area (Å²) in [6.45, 7) is 1.00. The molecule has 1 amide bonds. The monoisotopic (exact) mass is 463 g/mol. The lowest BCUT2D eigenvalue weighted by Crippen LogP contribution is -2.67. The van der Waals surface area contributed by atoms with Crippen LogP contribution in [0.15, 0.2) is 0 Å². The molecule has 2 saturated heterocycles. The van der Waals surface area contributed by atoms with Crippen molar-refractivity contribution < 1.29 is 71.6 Å². The second-order valence-electron chi connectivity index (χ2n) is 6.47. The smallest absolute Gasteiger partial charge is 0.399 e. The van der Waals surface area contributed by atoms with Crippen molar-refractivity contribution in [2.45, 2.75) is 68.5 Å². The number of nitrogens with one attached hydrogen (secondary N) is 1. The molecule has 30 heavy (non-hydrogen) atoms. The van der Waals surface area contributed by atoms with Gasteiger partial charge in [0.15, 0.2) is 18.7 Å². The highest BCUT2D eigenvalue weighted by molar-refractivity contribution is 7.80. The van der Waals surface area contributed by atoms with E-state index in [0.717, 1.165) is 6.92 Å². The number of rotatable bonds is 6. The molecule has 0 bridgehead atoms. The summed E-state index contributed by atoms with van der Waals surface area (Å²) in [6, 6.07) is -1.64. The minimum Gasteiger partial charge on any atom is -0.479 e. The standard InChI is InChI=1S/C13H21NO15S/c1-2(15)14-3-8(7(19)13(28-11(3)22)29-30(23,24)25)26-12-6(18)4(16)5(17)9(27-12)10(20)21/h3-9,11-13,16-19,22H,1H3,(H,14,15)(H,20,21)(H,23,24,25)/t3-,4+,5+,6-,7+,8-,9+,11-,12-,13-/m0/s1. The van der Waals surface area contributed by atoms with E-state index in [2.05, 4.69) is 9.50 Å². The van der Waals surface area contributed by atoms with Gasteiger partial charge in [-0.1, -0.05) is 0 Å². The third-order valence-electron chi connectivity index (χ3n) is 4.24. The van der Waals surface area contributed by atoms with Gasteiger partial charge in [0.1, 0.15) is 36.6 Å². The zero-order valence-electron chi connectivity index (χ0n) is 15.1. The van der Waals surface area contributed by atoms with E-state index >= 15 is 0 Å². The second kappa shape index (κ2) is 9.32. The van der Waals surface area contributed by atoms with Crippen LogP contribution in [0.5, 0.6) is 0 Å². The Labute approximate surface area is 168 Å². The number of carboxylic acids is 1. The molecule has 2 aliphatic rings. The van der Waals surface area contributed by atoms with E-state index in [4.69, 9.17) is 23.9 Å². The first-order chi connectivity index (χ1) is 13.7. The third kappa shape index (κ3) is 5.59. The largest absolute Gasteiger partial charge is 0.479 e. The molecule has 2 heterocycles. The lowest BCUT2D eigenvalue weighted by Gasteiger charge is -2.45. The molecule has 2 aliphatic heterocycles. The van der Waals surface area contributed by atoms with E-state index in [1.807, 2.05) is 0 Å². The number of ether oxygens (including phenoxy) is 3. The van der Waals surface area contributed by atoms with Crippen LogP contribution in [0.1, 0.15) is 6.92 Å². The normalized spacial score (nSPS) is 42.5. The van der Waals surface area contributed by atoms with Crippen LogP contribution >= 0.6 is 0 Å². The number of aliphatic hydroxyl groups excluding tert-OH is 5. The summed E-state index contributed by atoms with van der Waals surface area (Å²) in [5, 5.41) is 61.1. The molecule has 0 aromatic rings. The highest BCUT2D eigenvalue weighted by Crippen LogP contribution is 2.29. The molecule has 10 atom stereocenters. The first-order valence-corrected chi connectivity index (χ1v) is 9.61. The summed E-state index contributed by atoms with van der Waals surface area (Å²) in [4.78, 5) is 22.6. The fourth-order valence-corrected chi connectivity index (χ4v) is 3.30. The molecule has 8 N–H and O–H groups in total. The Balaban J connectivity index is 2.31. The molecule has 0 spiro atoms. The van der Waals surface area contributed by atoms with Crippen LogP contribution in [-0.2, 0) is 38.4 Å². The Morgan fingerprint density at radius 3 is 2.03 bits per heavy atom. The highest BCUT2D eigenvalue weighted by Gasteiger charge is 2.53. The number of carbonyl (C=O) groups excluding carboxylic acids is 1. The average molecular weight is 463 g/mol. The molecule has 16 nitrogen and oxygen atoms in total. The molecular weight excluding hydrogens is 442 g/mol. The number of amides is 1. The lowest BCUT2D eigenvalue weighted by atomic mass is 9.97. The number of aliphatic carboxylic acids is 1. The number of carboxylic acid groups (broad SMARTS) is 1. The maximum absolute atomic E-state index is 11.4. The van der Waals surface area contributed by atoms with E-state index < -0.39 is 83.8 Å². The quantitative estimate of drug-likeness (QED) is 0.171. The van der Waals surface area contributed by atoms with Gasteiger partial charge in [0.2, 0.25) is 12.2 Å². The maximum Gasteiger partial charge on any atom is 0.399 e. The zero-order chi connectivity index (χ0) is 23.0. The van der Waals surface area contributed by atoms with E-state index in [1.165, 1.54) is 0 Å². The average Bonchev–Trinajstić information content (AvgIpc) is 2.60. The number of hydrogen-bond acceptors (Lipinski definition) is 13. The second-order valence-corrected chi connectivity index (χ2v) is 7.52. The van der Waals surface area contributed by atoms with Crippen molar-refractivity contribution in [3.63, 3.8) is 0 Å². The fourth-order valence-electron chi connectivity index (χ4n) is 2.90. The fraction of sp³-hybridized carbons (Fsp3) is 0.846. The minimum atomic E-state index is -5.19. The SMILES string of the molecule is CC(=O)N[C@H]1[C@H](O[C@H]2O[C@@H](C(=O)O)[C@H](O)[C@@H](O)[C@@H]2O)[C@@H](O)[C@H](OS(=O)(=O)O)O[C@@H]1O. The summed E-state index contributed by atoms with van der Waals surface area (Å²) in [5.41, 5.74) is 0. The van der Waals surface area contributed by atoms with Gasteiger partial charge in [0.25, 0.3) is 0 Å². The van der Waals surface area contributed by atoms with Gasteiger partial charge in [-0.15, -0.1) is 0 Å². The Hall–Kier alpha value is -1.51. The molecule has 174 valence electrons. The van der Waals surface area contributed by atoms with Gasteiger partial charge in [-0.05, 0) is 0 Å². The number of carbonyl (C=O) groups is 2. The van der Waals surface area contributed by atoms with Crippen molar-refractivity contribution in [1.82, 2.24) is 5.32 Å². The van der Waals surface area contributed by atoms with E-state index in [-0.39, 0.29) is 0 Å². The van der Waals surface area contributed by atoms with Crippen LogP contribution in [0, 0.1) is 0 Å². The van der Waals surface area contributed by atoms with Gasteiger partial charge in [0, 0.05) is 6.92 Å². The summed E-state index contributed by atoms with van der Waals surface area (Å²) in [7, 11) is -5.19. The number of hydrogen-bond donors (Lipinski definition) is 8. The molecule has 0 saturated carbocycles. The summed E-state index contributed by atoms with van der Waals surface area (Å²) < 4.78 is 49.5. The van der Waals surface area contributed by atoms with Crippen molar-refractivity contribution in [2.75, 3.05) is 0 Å². The number of aliphatic hydroxyl groups is 5. The van der Waals surface area contributed by atoms with Crippen molar-refractivity contribution in [2.24, 2.45) is 0 Å². The van der Waals surface area contributed by atoms with Gasteiger partial charge in [0.05, 0.1) is 0 Å². The van der Waals surface area contributed by atoms with E-state index in [1.54, 1.807) is 0 Å². The summed E-state index contributed by atoms with van der Waals surface area (Å²) >= 11 is 0. The minimum absolute atomic E-state index is 0.776. The molecule has 0 aliphatic carbocycles. The zero-order valence-corrected chi connectivity index (χ0v) is 15.9. The Morgan fingerprint density at radius 1 is 0.933 bits per heavy atom. The highest BCUT2D eigenvalue weighted by atomic mass is 32.3. The molecule has 0 aromatic heterocycles. The summed E-state index contributed by atoms with van der Waals surface area (Å²) in [5.74, 6) is -2.51. The molecule has 17 heteroatoms. The van der Waals surface area contributed by atoms with E-state index in [9.17, 15) is 43.5 Å². The van der Waals surface area contributed by atoms with Gasteiger partial charge in [-0.3, -0.25) is 9.35 Å². The Morgan fingerprint density at radius 2 is 1.53 bits per heavy atom. The van der Waals surface area contributed by atoms with Crippen LogP contribution in [0.4, 0.5) is 0 Å². The summed E-state index contributed by atoms with van der Waals surface area (Å²) in [6.07, 6.45) is -18.7. The van der Waals surface area contributed by atoms with Crippen LogP contribution in [0.2, 0.25) is 0 Å². The van der Waals surface area contributed by atoms with Crippen LogP contribution in [0.3, 0.4) is 0 Å². The van der Waals surface area contributed by atoms with E-state index in [0.29, 0.717) is 0 Å². The molecule has 0 unspecified atom stereocenters. The van der Waals surface area contributed by atoms with Crippen molar-refractivity contribution in [3.8, 4) is 0 Å². The van der Waals surface area contributed by atoms with Gasteiger partial charge < -0.3 is 50.2 Å². The molecule has 2 rings (SSSR count). The molecular formula is C13H21NO15S. The van der Waals surface area contributed by atoms with Gasteiger partial charge in [-0.2, -0.15) is 8.42 Å². The van der Waals surface area contributed by atoms with Crippen LogP contribution in [0.25, 0.3) is 0 Å². The Bertz CT molecular complexity index is 745. The first-order valence-electron chi connectivity index (χ1n) is 8.25. The van der Waals surface area contributed by atoms with Gasteiger partial charge >= 0.3 is 16.4 Å². The molecule has 2 fully saturated rings. The third-order valence-corrected chi connectivity index (χ3v) is 4.67. The predicted molar refractivity (Wildman–Crippen MR) is 86.3 cm³/mol. The lowest BCUT2D eigenvalue weighted by molar-refractivity contribution is -0.350. The van der Waals surface area contributed by atoms with Crippen LogP contribution in [-0.4, -0.2) is 117 Å². The predicted octanol–water partition coefficient (Wildman–Crippen LogP) is -5.38. The van der Waals surface area contributed by atoms with Crippen LogP contribution < -0.4 is 5.32 Å². The maximum atomic E-state index is 11.4. The van der Waals surface area contributed by atoms with Crippen molar-refractivity contribution >= 4 is 22.3 Å². The van der Waals surface area contributed by atoms with Crippen molar-refractivity contribution in [1.29, 1.82) is 0 Å². The van der Waals surface area contributed by atoms with Gasteiger partial charge in [-0.25, -0.2) is 8.98 Å². The molecule has 0 radical (unpaired) electrons. The Kier molecular flexibility index (Phi) is 7.69.